The molecule has 1 amide bonds. The second kappa shape index (κ2) is 9.50. The number of rotatable bonds is 6. The third-order valence-electron chi connectivity index (χ3n) is 3.24. The minimum Gasteiger partial charge on any atom is -0.334 e. The molecule has 0 saturated carbocycles. The van der Waals surface area contributed by atoms with Gasteiger partial charge in [-0.05, 0) is 40.5 Å². The van der Waals surface area contributed by atoms with Crippen LogP contribution < -0.4 is 11.3 Å². The molecule has 0 saturated heterocycles. The van der Waals surface area contributed by atoms with E-state index >= 15 is 0 Å². The second-order valence-corrected chi connectivity index (χ2v) is 5.77. The predicted octanol–water partition coefficient (Wildman–Crippen LogP) is 2.55. The maximum Gasteiger partial charge on any atom is 0.262 e. The van der Waals surface area contributed by atoms with Crippen molar-refractivity contribution in [1.82, 2.24) is 9.88 Å². The molecule has 1 heterocycles. The summed E-state index contributed by atoms with van der Waals surface area (Å²) < 4.78 is 0.344. The SMILES string of the molecule is Cl.NCCCN(Cc1ccccc1)C(=O)c1c[nH]c(=O)c(Br)c1. The Labute approximate surface area is 149 Å². The number of benzene rings is 1. The number of carbonyl (C=O) groups excluding carboxylic acids is 1. The molecule has 3 N–H and O–H groups in total. The van der Waals surface area contributed by atoms with Crippen LogP contribution in [0.3, 0.4) is 0 Å². The molecule has 0 fully saturated rings. The van der Waals surface area contributed by atoms with E-state index in [0.717, 1.165) is 12.0 Å². The third kappa shape index (κ3) is 5.49. The number of H-pyrrole nitrogens is 1. The summed E-state index contributed by atoms with van der Waals surface area (Å²) in [6.07, 6.45) is 2.17. The molecule has 2 rings (SSSR count). The van der Waals surface area contributed by atoms with Crippen molar-refractivity contribution < 1.29 is 4.79 Å². The molecule has 0 atom stereocenters. The van der Waals surface area contributed by atoms with Crippen LogP contribution in [0.5, 0.6) is 0 Å². The van der Waals surface area contributed by atoms with Crippen LogP contribution in [-0.4, -0.2) is 28.9 Å². The molecular formula is C16H19BrClN3O2. The van der Waals surface area contributed by atoms with Crippen LogP contribution in [0.2, 0.25) is 0 Å². The third-order valence-corrected chi connectivity index (χ3v) is 3.83. The smallest absolute Gasteiger partial charge is 0.262 e. The molecule has 0 aliphatic heterocycles. The number of pyridine rings is 1. The van der Waals surface area contributed by atoms with E-state index in [-0.39, 0.29) is 23.9 Å². The largest absolute Gasteiger partial charge is 0.334 e. The molecule has 124 valence electrons. The summed E-state index contributed by atoms with van der Waals surface area (Å²) in [5.74, 6) is -0.130. The number of hydrogen-bond acceptors (Lipinski definition) is 3. The molecule has 2 aromatic rings. The van der Waals surface area contributed by atoms with E-state index in [0.29, 0.717) is 29.7 Å². The minimum atomic E-state index is -0.256. The highest BCUT2D eigenvalue weighted by molar-refractivity contribution is 9.10. The van der Waals surface area contributed by atoms with Crippen LogP contribution in [0, 0.1) is 0 Å². The fraction of sp³-hybridized carbons (Fsp3) is 0.250. The number of aromatic amines is 1. The number of nitrogens with one attached hydrogen (secondary N) is 1. The Morgan fingerprint density at radius 1 is 1.26 bits per heavy atom. The lowest BCUT2D eigenvalue weighted by molar-refractivity contribution is 0.0741. The van der Waals surface area contributed by atoms with Gasteiger partial charge in [0.15, 0.2) is 0 Å². The maximum absolute atomic E-state index is 12.7. The quantitative estimate of drug-likeness (QED) is 0.782. The van der Waals surface area contributed by atoms with Gasteiger partial charge in [0.2, 0.25) is 0 Å². The van der Waals surface area contributed by atoms with Gasteiger partial charge >= 0.3 is 0 Å². The van der Waals surface area contributed by atoms with Crippen LogP contribution in [0.15, 0.2) is 51.9 Å². The van der Waals surface area contributed by atoms with Crippen LogP contribution in [0.1, 0.15) is 22.3 Å². The van der Waals surface area contributed by atoms with Gasteiger partial charge < -0.3 is 15.6 Å². The van der Waals surface area contributed by atoms with Crippen molar-refractivity contribution in [3.05, 3.63) is 68.5 Å². The van der Waals surface area contributed by atoms with E-state index in [9.17, 15) is 9.59 Å². The summed E-state index contributed by atoms with van der Waals surface area (Å²) in [5.41, 5.74) is 6.80. The fourth-order valence-corrected chi connectivity index (χ4v) is 2.46. The second-order valence-electron chi connectivity index (χ2n) is 4.92. The van der Waals surface area contributed by atoms with E-state index < -0.39 is 0 Å². The van der Waals surface area contributed by atoms with Gasteiger partial charge in [0.25, 0.3) is 11.5 Å². The predicted molar refractivity (Wildman–Crippen MR) is 96.9 cm³/mol. The average Bonchev–Trinajstić information content (AvgIpc) is 2.54. The zero-order chi connectivity index (χ0) is 15.9. The van der Waals surface area contributed by atoms with Crippen molar-refractivity contribution in [2.75, 3.05) is 13.1 Å². The standard InChI is InChI=1S/C16H18BrN3O2.ClH/c17-14-9-13(10-19-15(14)21)16(22)20(8-4-7-18)11-12-5-2-1-3-6-12;/h1-3,5-6,9-10H,4,7-8,11,18H2,(H,19,21);1H. The maximum atomic E-state index is 12.7. The van der Waals surface area contributed by atoms with Crippen molar-refractivity contribution in [2.45, 2.75) is 13.0 Å². The van der Waals surface area contributed by atoms with Crippen LogP contribution in [0.4, 0.5) is 0 Å². The first kappa shape index (κ1) is 19.4. The fourth-order valence-electron chi connectivity index (χ4n) is 2.10. The highest BCUT2D eigenvalue weighted by Crippen LogP contribution is 2.12. The minimum absolute atomic E-state index is 0. The summed E-state index contributed by atoms with van der Waals surface area (Å²) >= 11 is 3.15. The van der Waals surface area contributed by atoms with Crippen molar-refractivity contribution in [1.29, 1.82) is 0 Å². The Hall–Kier alpha value is -1.63. The van der Waals surface area contributed by atoms with Gasteiger partial charge in [-0.25, -0.2) is 0 Å². The summed E-state index contributed by atoms with van der Waals surface area (Å²) in [5, 5.41) is 0. The van der Waals surface area contributed by atoms with E-state index in [1.165, 1.54) is 6.20 Å². The summed E-state index contributed by atoms with van der Waals surface area (Å²) in [6, 6.07) is 11.3. The van der Waals surface area contributed by atoms with E-state index in [1.807, 2.05) is 30.3 Å². The Kier molecular flexibility index (Phi) is 8.02. The lowest BCUT2D eigenvalue weighted by atomic mass is 10.1. The Bertz CT molecular complexity index is 691. The first-order valence-electron chi connectivity index (χ1n) is 7.03. The van der Waals surface area contributed by atoms with E-state index in [4.69, 9.17) is 5.73 Å². The Morgan fingerprint density at radius 3 is 2.57 bits per heavy atom. The summed E-state index contributed by atoms with van der Waals surface area (Å²) in [6.45, 7) is 1.60. The topological polar surface area (TPSA) is 79.2 Å². The molecule has 0 bridgehead atoms. The molecule has 0 unspecified atom stereocenters. The number of aromatic nitrogens is 1. The average molecular weight is 401 g/mol. The molecule has 0 radical (unpaired) electrons. The van der Waals surface area contributed by atoms with Crippen molar-refractivity contribution >= 4 is 34.2 Å². The Balaban J connectivity index is 0.00000264. The van der Waals surface area contributed by atoms with E-state index in [1.54, 1.807) is 11.0 Å². The number of nitrogens with zero attached hydrogens (tertiary/aromatic N) is 1. The normalized spacial score (nSPS) is 10.0. The van der Waals surface area contributed by atoms with Crippen molar-refractivity contribution in [3.8, 4) is 0 Å². The van der Waals surface area contributed by atoms with Gasteiger partial charge in [-0.3, -0.25) is 9.59 Å². The van der Waals surface area contributed by atoms with Gasteiger partial charge in [-0.2, -0.15) is 0 Å². The molecule has 7 heteroatoms. The lowest BCUT2D eigenvalue weighted by Crippen LogP contribution is -2.33. The van der Waals surface area contributed by atoms with Gasteiger partial charge in [-0.1, -0.05) is 30.3 Å². The zero-order valence-electron chi connectivity index (χ0n) is 12.5. The van der Waals surface area contributed by atoms with Gasteiger partial charge in [-0.15, -0.1) is 12.4 Å². The molecule has 1 aromatic carbocycles. The van der Waals surface area contributed by atoms with Crippen LogP contribution >= 0.6 is 28.3 Å². The number of halogens is 2. The summed E-state index contributed by atoms with van der Waals surface area (Å²) in [7, 11) is 0. The highest BCUT2D eigenvalue weighted by atomic mass is 79.9. The first-order valence-corrected chi connectivity index (χ1v) is 7.82. The molecule has 0 aliphatic rings. The molecule has 5 nitrogen and oxygen atoms in total. The number of hydrogen-bond donors (Lipinski definition) is 2. The van der Waals surface area contributed by atoms with Crippen molar-refractivity contribution in [2.24, 2.45) is 5.73 Å². The number of amides is 1. The molecule has 1 aromatic heterocycles. The number of carbonyl (C=O) groups is 1. The first-order chi connectivity index (χ1) is 10.6. The monoisotopic (exact) mass is 399 g/mol. The number of nitrogens with two attached hydrogens (primary N) is 1. The zero-order valence-corrected chi connectivity index (χ0v) is 14.9. The van der Waals surface area contributed by atoms with Gasteiger partial charge in [0, 0.05) is 19.3 Å². The van der Waals surface area contributed by atoms with Crippen LogP contribution in [-0.2, 0) is 6.54 Å². The lowest BCUT2D eigenvalue weighted by Gasteiger charge is -2.22. The van der Waals surface area contributed by atoms with Crippen molar-refractivity contribution in [3.63, 3.8) is 0 Å². The molecular weight excluding hydrogens is 382 g/mol. The Morgan fingerprint density at radius 2 is 1.96 bits per heavy atom. The van der Waals surface area contributed by atoms with Gasteiger partial charge in [0.05, 0.1) is 10.0 Å². The molecule has 0 spiro atoms. The highest BCUT2D eigenvalue weighted by Gasteiger charge is 2.16. The summed E-state index contributed by atoms with van der Waals surface area (Å²) in [4.78, 5) is 28.3. The molecule has 0 aliphatic carbocycles. The molecule has 23 heavy (non-hydrogen) atoms. The van der Waals surface area contributed by atoms with E-state index in [2.05, 4.69) is 20.9 Å². The van der Waals surface area contributed by atoms with Gasteiger partial charge in [0.1, 0.15) is 0 Å². The van der Waals surface area contributed by atoms with Crippen LogP contribution in [0.25, 0.3) is 0 Å².